The van der Waals surface area contributed by atoms with Gasteiger partial charge in [0.1, 0.15) is 0 Å². The minimum absolute atomic E-state index is 0.0799. The molecule has 1 atom stereocenters. The Hall–Kier alpha value is -0.835. The molecule has 1 aromatic carbocycles. The van der Waals surface area contributed by atoms with E-state index in [1.807, 2.05) is 13.0 Å². The first kappa shape index (κ1) is 9.25. The van der Waals surface area contributed by atoms with Gasteiger partial charge in [-0.1, -0.05) is 24.3 Å². The smallest absolute Gasteiger partial charge is 0.423 e. The molecule has 12 heavy (non-hydrogen) atoms. The Balaban J connectivity index is 2.96. The molecule has 0 fully saturated rings. The fourth-order valence-corrected chi connectivity index (χ4v) is 1.00. The van der Waals surface area contributed by atoms with E-state index >= 15 is 0 Å². The maximum absolute atomic E-state index is 8.84. The van der Waals surface area contributed by atoms with Gasteiger partial charge in [0.15, 0.2) is 0 Å². The monoisotopic (exact) mass is 165 g/mol. The van der Waals surface area contributed by atoms with Crippen LogP contribution in [0.15, 0.2) is 24.3 Å². The summed E-state index contributed by atoms with van der Waals surface area (Å²) < 4.78 is 0. The van der Waals surface area contributed by atoms with Crippen LogP contribution < -0.4 is 11.2 Å². The molecule has 0 amide bonds. The highest BCUT2D eigenvalue weighted by Crippen LogP contribution is 2.06. The van der Waals surface area contributed by atoms with E-state index in [2.05, 4.69) is 0 Å². The molecule has 0 aliphatic carbocycles. The highest BCUT2D eigenvalue weighted by Gasteiger charge is 2.11. The Kier molecular flexibility index (Phi) is 2.86. The van der Waals surface area contributed by atoms with Crippen LogP contribution >= 0.6 is 0 Å². The molecule has 1 unspecified atom stereocenters. The van der Waals surface area contributed by atoms with Crippen LogP contribution in [0.1, 0.15) is 18.5 Å². The summed E-state index contributed by atoms with van der Waals surface area (Å²) in [6.07, 6.45) is 0. The lowest BCUT2D eigenvalue weighted by atomic mass is 9.79. The SMILES string of the molecule is CC(N)c1cccc(B(O)O)c1. The standard InChI is InChI=1S/C8H12BNO2/c1-6(10)7-3-2-4-8(5-7)9(11)12/h2-6,11-12H,10H2,1H3. The van der Waals surface area contributed by atoms with Crippen molar-refractivity contribution in [1.29, 1.82) is 0 Å². The Morgan fingerprint density at radius 1 is 1.42 bits per heavy atom. The number of rotatable bonds is 2. The van der Waals surface area contributed by atoms with Gasteiger partial charge in [-0.3, -0.25) is 0 Å². The molecule has 4 heteroatoms. The Morgan fingerprint density at radius 3 is 2.58 bits per heavy atom. The van der Waals surface area contributed by atoms with E-state index in [0.717, 1.165) is 5.56 Å². The molecule has 1 aromatic rings. The summed E-state index contributed by atoms with van der Waals surface area (Å²) >= 11 is 0. The van der Waals surface area contributed by atoms with Crippen LogP contribution in [0.4, 0.5) is 0 Å². The predicted molar refractivity (Wildman–Crippen MR) is 48.9 cm³/mol. The molecule has 0 heterocycles. The first-order chi connectivity index (χ1) is 5.61. The minimum Gasteiger partial charge on any atom is -0.423 e. The van der Waals surface area contributed by atoms with Crippen molar-refractivity contribution in [1.82, 2.24) is 0 Å². The van der Waals surface area contributed by atoms with Gasteiger partial charge in [-0.2, -0.15) is 0 Å². The summed E-state index contributed by atoms with van der Waals surface area (Å²) in [7, 11) is -1.41. The van der Waals surface area contributed by atoms with Crippen LogP contribution in [0.5, 0.6) is 0 Å². The van der Waals surface area contributed by atoms with Crippen LogP contribution in [0, 0.1) is 0 Å². The largest absolute Gasteiger partial charge is 0.488 e. The van der Waals surface area contributed by atoms with Gasteiger partial charge in [0, 0.05) is 6.04 Å². The van der Waals surface area contributed by atoms with E-state index in [1.54, 1.807) is 18.2 Å². The van der Waals surface area contributed by atoms with Crippen LogP contribution in [-0.4, -0.2) is 17.2 Å². The zero-order chi connectivity index (χ0) is 9.14. The van der Waals surface area contributed by atoms with Gasteiger partial charge < -0.3 is 15.8 Å². The number of nitrogens with two attached hydrogens (primary N) is 1. The highest BCUT2D eigenvalue weighted by atomic mass is 16.4. The van der Waals surface area contributed by atoms with Crippen molar-refractivity contribution in [3.8, 4) is 0 Å². The van der Waals surface area contributed by atoms with Crippen molar-refractivity contribution in [3.63, 3.8) is 0 Å². The molecule has 64 valence electrons. The molecule has 0 radical (unpaired) electrons. The van der Waals surface area contributed by atoms with Crippen molar-refractivity contribution in [2.24, 2.45) is 5.73 Å². The molecule has 0 saturated carbocycles. The molecule has 0 bridgehead atoms. The first-order valence-electron chi connectivity index (χ1n) is 3.83. The van der Waals surface area contributed by atoms with Crippen molar-refractivity contribution in [2.45, 2.75) is 13.0 Å². The summed E-state index contributed by atoms with van der Waals surface area (Å²) in [6, 6.07) is 6.87. The summed E-state index contributed by atoms with van der Waals surface area (Å²) in [5.41, 5.74) is 7.00. The number of hydrogen-bond donors (Lipinski definition) is 3. The lowest BCUT2D eigenvalue weighted by Crippen LogP contribution is -2.30. The number of benzene rings is 1. The summed E-state index contributed by atoms with van der Waals surface area (Å²) in [5.74, 6) is 0. The van der Waals surface area contributed by atoms with Crippen molar-refractivity contribution in [3.05, 3.63) is 29.8 Å². The van der Waals surface area contributed by atoms with Gasteiger partial charge >= 0.3 is 7.12 Å². The molecular weight excluding hydrogens is 153 g/mol. The third-order valence-electron chi connectivity index (χ3n) is 1.73. The second-order valence-corrected chi connectivity index (χ2v) is 2.83. The molecule has 0 aliphatic rings. The van der Waals surface area contributed by atoms with Gasteiger partial charge in [0.05, 0.1) is 0 Å². The quantitative estimate of drug-likeness (QED) is 0.512. The van der Waals surface area contributed by atoms with Crippen molar-refractivity contribution < 1.29 is 10.0 Å². The van der Waals surface area contributed by atoms with Crippen LogP contribution in [0.2, 0.25) is 0 Å². The molecular formula is C8H12BNO2. The van der Waals surface area contributed by atoms with Crippen molar-refractivity contribution in [2.75, 3.05) is 0 Å². The van der Waals surface area contributed by atoms with Gasteiger partial charge in [-0.05, 0) is 17.9 Å². The molecule has 3 nitrogen and oxygen atoms in total. The zero-order valence-electron chi connectivity index (χ0n) is 6.94. The maximum Gasteiger partial charge on any atom is 0.488 e. The molecule has 1 rings (SSSR count). The molecule has 0 aromatic heterocycles. The highest BCUT2D eigenvalue weighted by molar-refractivity contribution is 6.58. The van der Waals surface area contributed by atoms with Crippen LogP contribution in [0.3, 0.4) is 0 Å². The third kappa shape index (κ3) is 2.07. The van der Waals surface area contributed by atoms with Gasteiger partial charge in [-0.15, -0.1) is 0 Å². The van der Waals surface area contributed by atoms with E-state index in [-0.39, 0.29) is 6.04 Å². The van der Waals surface area contributed by atoms with E-state index in [0.29, 0.717) is 5.46 Å². The fourth-order valence-electron chi connectivity index (χ4n) is 1.00. The lowest BCUT2D eigenvalue weighted by molar-refractivity contribution is 0.425. The topological polar surface area (TPSA) is 66.5 Å². The van der Waals surface area contributed by atoms with Gasteiger partial charge in [0.2, 0.25) is 0 Å². The normalized spacial score (nSPS) is 12.7. The Labute approximate surface area is 72.0 Å². The molecule has 0 spiro atoms. The number of hydrogen-bond acceptors (Lipinski definition) is 3. The first-order valence-corrected chi connectivity index (χ1v) is 3.83. The summed E-state index contributed by atoms with van der Waals surface area (Å²) in [4.78, 5) is 0. The van der Waals surface area contributed by atoms with E-state index in [4.69, 9.17) is 15.8 Å². The summed E-state index contributed by atoms with van der Waals surface area (Å²) in [5, 5.41) is 17.7. The second-order valence-electron chi connectivity index (χ2n) is 2.83. The van der Waals surface area contributed by atoms with Crippen LogP contribution in [-0.2, 0) is 0 Å². The van der Waals surface area contributed by atoms with E-state index in [1.165, 1.54) is 0 Å². The maximum atomic E-state index is 8.84. The molecule has 4 N–H and O–H groups in total. The average Bonchev–Trinajstić information content (AvgIpc) is 2.04. The van der Waals surface area contributed by atoms with E-state index in [9.17, 15) is 0 Å². The summed E-state index contributed by atoms with van der Waals surface area (Å²) in [6.45, 7) is 1.85. The van der Waals surface area contributed by atoms with Gasteiger partial charge in [-0.25, -0.2) is 0 Å². The minimum atomic E-state index is -1.41. The zero-order valence-corrected chi connectivity index (χ0v) is 6.94. The van der Waals surface area contributed by atoms with Crippen LogP contribution in [0.25, 0.3) is 0 Å². The molecule has 0 aliphatic heterocycles. The second kappa shape index (κ2) is 3.71. The van der Waals surface area contributed by atoms with Crippen molar-refractivity contribution >= 4 is 12.6 Å². The lowest BCUT2D eigenvalue weighted by Gasteiger charge is -2.06. The molecule has 0 saturated heterocycles. The third-order valence-corrected chi connectivity index (χ3v) is 1.73. The Morgan fingerprint density at radius 2 is 2.08 bits per heavy atom. The predicted octanol–water partition coefficient (Wildman–Crippen LogP) is -0.614. The van der Waals surface area contributed by atoms with E-state index < -0.39 is 7.12 Å². The Bertz CT molecular complexity index is 240. The average molecular weight is 165 g/mol. The fraction of sp³-hybridized carbons (Fsp3) is 0.250. The van der Waals surface area contributed by atoms with Gasteiger partial charge in [0.25, 0.3) is 0 Å².